The number of nitrogen functional groups attached to an aromatic ring is 1. The highest BCUT2D eigenvalue weighted by Gasteiger charge is 2.34. The predicted octanol–water partition coefficient (Wildman–Crippen LogP) is 2.46. The molecule has 0 bridgehead atoms. The molecule has 2 rings (SSSR count). The number of ether oxygens (including phenoxy) is 1. The molecule has 0 spiro atoms. The molecule has 0 radical (unpaired) electrons. The Bertz CT molecular complexity index is 523. The number of nitrogens with zero attached hydrogens (tertiary/aromatic N) is 1. The molecule has 1 aromatic rings. The quantitative estimate of drug-likeness (QED) is 0.666. The zero-order valence-corrected chi connectivity index (χ0v) is 11.7. The molecule has 1 aliphatic rings. The maximum Gasteiger partial charge on any atom is 0.417 e. The van der Waals surface area contributed by atoms with Crippen molar-refractivity contribution in [3.63, 3.8) is 0 Å². The van der Waals surface area contributed by atoms with Gasteiger partial charge in [-0.2, -0.15) is 13.2 Å². The fourth-order valence-electron chi connectivity index (χ4n) is 2.36. The fraction of sp³-hybridized carbons (Fsp3) is 0.500. The van der Waals surface area contributed by atoms with E-state index < -0.39 is 17.6 Å². The van der Waals surface area contributed by atoms with Crippen molar-refractivity contribution in [2.45, 2.75) is 25.1 Å². The summed E-state index contributed by atoms with van der Waals surface area (Å²) >= 11 is 0. The molecule has 0 aromatic heterocycles. The van der Waals surface area contributed by atoms with Crippen molar-refractivity contribution in [2.24, 2.45) is 5.73 Å². The smallest absolute Gasteiger partial charge is 0.417 e. The molecule has 21 heavy (non-hydrogen) atoms. The molecule has 0 atom stereocenters. The number of nitrogens with two attached hydrogens (primary N) is 1. The van der Waals surface area contributed by atoms with E-state index in [9.17, 15) is 13.2 Å². The van der Waals surface area contributed by atoms with Crippen LogP contribution >= 0.6 is 0 Å². The Labute approximate surface area is 121 Å². The van der Waals surface area contributed by atoms with Crippen molar-refractivity contribution in [3.8, 4) is 5.75 Å². The molecule has 1 fully saturated rings. The number of amidine groups is 1. The van der Waals surface area contributed by atoms with Gasteiger partial charge >= 0.3 is 6.18 Å². The third kappa shape index (κ3) is 3.87. The minimum Gasteiger partial charge on any atom is -0.490 e. The number of nitrogens with one attached hydrogen (secondary N) is 1. The number of hydrogen-bond donors (Lipinski definition) is 2. The van der Waals surface area contributed by atoms with Crippen LogP contribution in [0.4, 0.5) is 13.2 Å². The summed E-state index contributed by atoms with van der Waals surface area (Å²) in [6.07, 6.45) is -2.90. The number of alkyl halides is 3. The summed E-state index contributed by atoms with van der Waals surface area (Å²) in [7, 11) is 2.02. The zero-order valence-electron chi connectivity index (χ0n) is 11.7. The van der Waals surface area contributed by atoms with Crippen molar-refractivity contribution in [3.05, 3.63) is 29.3 Å². The van der Waals surface area contributed by atoms with Gasteiger partial charge in [0, 0.05) is 18.7 Å². The molecule has 1 saturated heterocycles. The van der Waals surface area contributed by atoms with Crippen molar-refractivity contribution < 1.29 is 17.9 Å². The fourth-order valence-corrected chi connectivity index (χ4v) is 2.36. The van der Waals surface area contributed by atoms with Crippen molar-refractivity contribution in [1.29, 1.82) is 5.41 Å². The number of halogens is 3. The third-order valence-corrected chi connectivity index (χ3v) is 3.55. The van der Waals surface area contributed by atoms with Crippen LogP contribution in [0.2, 0.25) is 0 Å². The highest BCUT2D eigenvalue weighted by molar-refractivity contribution is 5.97. The average Bonchev–Trinajstić information content (AvgIpc) is 2.40. The van der Waals surface area contributed by atoms with E-state index in [0.29, 0.717) is 5.75 Å². The van der Waals surface area contributed by atoms with Crippen LogP contribution < -0.4 is 10.5 Å². The largest absolute Gasteiger partial charge is 0.490 e. The lowest BCUT2D eigenvalue weighted by Crippen LogP contribution is -2.35. The summed E-state index contributed by atoms with van der Waals surface area (Å²) in [6.45, 7) is 1.79. The Morgan fingerprint density at radius 1 is 1.33 bits per heavy atom. The molecule has 0 amide bonds. The van der Waals surface area contributed by atoms with Crippen molar-refractivity contribution >= 4 is 5.84 Å². The van der Waals surface area contributed by atoms with Gasteiger partial charge in [0.15, 0.2) is 0 Å². The first-order valence-electron chi connectivity index (χ1n) is 6.68. The standard InChI is InChI=1S/C14H18F3N3O/c1-20-6-4-9(5-7-20)21-10-2-3-12(14(15,16)17)11(8-10)13(18)19/h2-3,8-9H,4-7H2,1H3,(H3,18,19). The van der Waals surface area contributed by atoms with Crippen LogP contribution in [0.25, 0.3) is 0 Å². The van der Waals surface area contributed by atoms with Gasteiger partial charge in [0.05, 0.1) is 5.56 Å². The molecule has 3 N–H and O–H groups in total. The first kappa shape index (κ1) is 15.6. The average molecular weight is 301 g/mol. The van der Waals surface area contributed by atoms with Crippen LogP contribution in [-0.4, -0.2) is 37.0 Å². The summed E-state index contributed by atoms with van der Waals surface area (Å²) in [5.41, 5.74) is 4.00. The van der Waals surface area contributed by atoms with Crippen molar-refractivity contribution in [1.82, 2.24) is 4.90 Å². The van der Waals surface area contributed by atoms with Gasteiger partial charge in [-0.05, 0) is 38.1 Å². The molecule has 4 nitrogen and oxygen atoms in total. The minimum atomic E-state index is -4.53. The van der Waals surface area contributed by atoms with Crippen LogP contribution in [-0.2, 0) is 6.18 Å². The Hall–Kier alpha value is -1.76. The molecular weight excluding hydrogens is 283 g/mol. The Kier molecular flexibility index (Phi) is 4.41. The second-order valence-electron chi connectivity index (χ2n) is 5.24. The van der Waals surface area contributed by atoms with E-state index in [-0.39, 0.29) is 11.7 Å². The van der Waals surface area contributed by atoms with E-state index >= 15 is 0 Å². The van der Waals surface area contributed by atoms with Crippen molar-refractivity contribution in [2.75, 3.05) is 20.1 Å². The lowest BCUT2D eigenvalue weighted by Gasteiger charge is -2.29. The highest BCUT2D eigenvalue weighted by Crippen LogP contribution is 2.34. The molecule has 0 saturated carbocycles. The maximum absolute atomic E-state index is 12.8. The first-order chi connectivity index (χ1) is 9.77. The minimum absolute atomic E-state index is 0.0160. The second-order valence-corrected chi connectivity index (χ2v) is 5.24. The van der Waals surface area contributed by atoms with Crippen LogP contribution in [0.15, 0.2) is 18.2 Å². The monoisotopic (exact) mass is 301 g/mol. The van der Waals surface area contributed by atoms with Gasteiger partial charge < -0.3 is 15.4 Å². The molecule has 1 aromatic carbocycles. The van der Waals surface area contributed by atoms with Gasteiger partial charge in [-0.3, -0.25) is 5.41 Å². The van der Waals surface area contributed by atoms with E-state index in [0.717, 1.165) is 32.0 Å². The molecule has 0 unspecified atom stereocenters. The topological polar surface area (TPSA) is 62.3 Å². The summed E-state index contributed by atoms with van der Waals surface area (Å²) in [5, 5.41) is 7.31. The van der Waals surface area contributed by atoms with Crippen LogP contribution in [0.5, 0.6) is 5.75 Å². The molecular formula is C14H18F3N3O. The molecule has 7 heteroatoms. The summed E-state index contributed by atoms with van der Waals surface area (Å²) in [4.78, 5) is 2.17. The van der Waals surface area contributed by atoms with Gasteiger partial charge in [-0.1, -0.05) is 0 Å². The van der Waals surface area contributed by atoms with Gasteiger partial charge in [0.2, 0.25) is 0 Å². The molecule has 1 aliphatic heterocycles. The number of likely N-dealkylation sites (tertiary alicyclic amines) is 1. The predicted molar refractivity (Wildman–Crippen MR) is 73.6 cm³/mol. The van der Waals surface area contributed by atoms with Gasteiger partial charge in [0.25, 0.3) is 0 Å². The number of benzene rings is 1. The second kappa shape index (κ2) is 5.93. The summed E-state index contributed by atoms with van der Waals surface area (Å²) in [6, 6.07) is 3.40. The molecule has 116 valence electrons. The normalized spacial score (nSPS) is 17.7. The Morgan fingerprint density at radius 2 is 1.95 bits per heavy atom. The third-order valence-electron chi connectivity index (χ3n) is 3.55. The highest BCUT2D eigenvalue weighted by atomic mass is 19.4. The van der Waals surface area contributed by atoms with Crippen LogP contribution in [0, 0.1) is 5.41 Å². The van der Waals surface area contributed by atoms with E-state index in [1.165, 1.54) is 12.1 Å². The Balaban J connectivity index is 2.18. The summed E-state index contributed by atoms with van der Waals surface area (Å²) in [5.74, 6) is -0.293. The Morgan fingerprint density at radius 3 is 2.48 bits per heavy atom. The lowest BCUT2D eigenvalue weighted by atomic mass is 10.1. The van der Waals surface area contributed by atoms with E-state index in [1.807, 2.05) is 7.05 Å². The number of hydrogen-bond acceptors (Lipinski definition) is 3. The first-order valence-corrected chi connectivity index (χ1v) is 6.68. The summed E-state index contributed by atoms with van der Waals surface area (Å²) < 4.78 is 44.2. The molecule has 1 heterocycles. The number of rotatable bonds is 3. The van der Waals surface area contributed by atoms with Crippen LogP contribution in [0.1, 0.15) is 24.0 Å². The number of piperidine rings is 1. The zero-order chi connectivity index (χ0) is 15.6. The van der Waals surface area contributed by atoms with E-state index in [4.69, 9.17) is 15.9 Å². The SMILES string of the molecule is CN1CCC(Oc2ccc(C(F)(F)F)c(C(=N)N)c2)CC1. The van der Waals surface area contributed by atoms with Gasteiger partial charge in [-0.25, -0.2) is 0 Å². The van der Waals surface area contributed by atoms with Gasteiger partial charge in [-0.15, -0.1) is 0 Å². The van der Waals surface area contributed by atoms with Crippen LogP contribution in [0.3, 0.4) is 0 Å². The van der Waals surface area contributed by atoms with E-state index in [2.05, 4.69) is 4.90 Å². The van der Waals surface area contributed by atoms with Gasteiger partial charge in [0.1, 0.15) is 17.7 Å². The maximum atomic E-state index is 12.8. The van der Waals surface area contributed by atoms with E-state index in [1.54, 1.807) is 0 Å². The lowest BCUT2D eigenvalue weighted by molar-refractivity contribution is -0.137. The molecule has 0 aliphatic carbocycles.